The van der Waals surface area contributed by atoms with Gasteiger partial charge in [-0.05, 0) is 40.8 Å². The summed E-state index contributed by atoms with van der Waals surface area (Å²) in [5.41, 5.74) is 0.529. The maximum Gasteiger partial charge on any atom is 0.321 e. The van der Waals surface area contributed by atoms with Crippen LogP contribution in [0.4, 0.5) is 16.2 Å². The number of urea groups is 1. The minimum absolute atomic E-state index is 0.0123. The summed E-state index contributed by atoms with van der Waals surface area (Å²) in [5.74, 6) is 0.658. The molecule has 108 valence electrons. The van der Waals surface area contributed by atoms with Gasteiger partial charge in [-0.2, -0.15) is 0 Å². The first kappa shape index (κ1) is 14.8. The van der Waals surface area contributed by atoms with Crippen LogP contribution in [0.15, 0.2) is 22.7 Å². The Morgan fingerprint density at radius 3 is 2.65 bits per heavy atom. The zero-order valence-corrected chi connectivity index (χ0v) is 12.7. The number of halogens is 1. The molecule has 0 saturated carbocycles. The van der Waals surface area contributed by atoms with E-state index in [1.165, 1.54) is 18.2 Å². The second kappa shape index (κ2) is 6.21. The van der Waals surface area contributed by atoms with Gasteiger partial charge in [0.1, 0.15) is 0 Å². The Balaban J connectivity index is 2.02. The average molecular weight is 342 g/mol. The average Bonchev–Trinajstić information content (AvgIpc) is 2.41. The van der Waals surface area contributed by atoms with Crippen molar-refractivity contribution in [1.29, 1.82) is 0 Å². The lowest BCUT2D eigenvalue weighted by Crippen LogP contribution is -2.40. The van der Waals surface area contributed by atoms with E-state index in [1.54, 1.807) is 4.90 Å². The van der Waals surface area contributed by atoms with Crippen molar-refractivity contribution in [3.63, 3.8) is 0 Å². The number of piperidine rings is 1. The molecule has 20 heavy (non-hydrogen) atoms. The molecular weight excluding hydrogens is 326 g/mol. The van der Waals surface area contributed by atoms with Gasteiger partial charge in [0.05, 0.1) is 10.6 Å². The fourth-order valence-corrected chi connectivity index (χ4v) is 2.59. The van der Waals surface area contributed by atoms with E-state index < -0.39 is 4.92 Å². The molecule has 1 aromatic rings. The lowest BCUT2D eigenvalue weighted by Gasteiger charge is -2.30. The highest BCUT2D eigenvalue weighted by molar-refractivity contribution is 9.10. The smallest absolute Gasteiger partial charge is 0.321 e. The SMILES string of the molecule is CC1CCN(C(=O)Nc2ccc([N+](=O)[O-])cc2Br)CC1. The number of benzene rings is 1. The van der Waals surface area contributed by atoms with Crippen molar-refractivity contribution in [3.8, 4) is 0 Å². The summed E-state index contributed by atoms with van der Waals surface area (Å²) in [7, 11) is 0. The summed E-state index contributed by atoms with van der Waals surface area (Å²) < 4.78 is 0.505. The number of carbonyl (C=O) groups is 1. The second-order valence-electron chi connectivity index (χ2n) is 5.02. The van der Waals surface area contributed by atoms with E-state index in [9.17, 15) is 14.9 Å². The molecule has 0 bridgehead atoms. The van der Waals surface area contributed by atoms with Crippen molar-refractivity contribution in [3.05, 3.63) is 32.8 Å². The van der Waals surface area contributed by atoms with Crippen molar-refractivity contribution in [2.24, 2.45) is 5.92 Å². The number of likely N-dealkylation sites (tertiary alicyclic amines) is 1. The first-order chi connectivity index (χ1) is 9.47. The number of hydrogen-bond donors (Lipinski definition) is 1. The van der Waals surface area contributed by atoms with E-state index in [1.807, 2.05) is 0 Å². The van der Waals surface area contributed by atoms with Crippen LogP contribution in [0.5, 0.6) is 0 Å². The standard InChI is InChI=1S/C13H16BrN3O3/c1-9-4-6-16(7-5-9)13(18)15-12-3-2-10(17(19)20)8-11(12)14/h2-3,8-9H,4-7H2,1H3,(H,15,18). The van der Waals surface area contributed by atoms with Gasteiger partial charge in [-0.3, -0.25) is 10.1 Å². The van der Waals surface area contributed by atoms with Gasteiger partial charge < -0.3 is 10.2 Å². The molecule has 2 rings (SSSR count). The normalized spacial score (nSPS) is 16.0. The quantitative estimate of drug-likeness (QED) is 0.659. The summed E-state index contributed by atoms with van der Waals surface area (Å²) in [6.07, 6.45) is 2.02. The number of rotatable bonds is 2. The predicted octanol–water partition coefficient (Wildman–Crippen LogP) is 3.62. The second-order valence-corrected chi connectivity index (χ2v) is 5.88. The molecule has 1 aliphatic heterocycles. The predicted molar refractivity (Wildman–Crippen MR) is 79.8 cm³/mol. The highest BCUT2D eigenvalue weighted by Crippen LogP contribution is 2.27. The molecule has 1 heterocycles. The molecule has 1 N–H and O–H groups in total. The molecule has 1 fully saturated rings. The van der Waals surface area contributed by atoms with Gasteiger partial charge in [0.2, 0.25) is 0 Å². The Morgan fingerprint density at radius 1 is 1.45 bits per heavy atom. The van der Waals surface area contributed by atoms with Crippen LogP contribution < -0.4 is 5.32 Å². The first-order valence-electron chi connectivity index (χ1n) is 6.47. The highest BCUT2D eigenvalue weighted by atomic mass is 79.9. The molecule has 0 spiro atoms. The van der Waals surface area contributed by atoms with Crippen LogP contribution in [-0.4, -0.2) is 28.9 Å². The van der Waals surface area contributed by atoms with Crippen LogP contribution in [0.3, 0.4) is 0 Å². The van der Waals surface area contributed by atoms with E-state index in [0.717, 1.165) is 25.9 Å². The number of carbonyl (C=O) groups excluding carboxylic acids is 1. The molecule has 0 aliphatic carbocycles. The largest absolute Gasteiger partial charge is 0.325 e. The monoisotopic (exact) mass is 341 g/mol. The molecule has 2 amide bonds. The summed E-state index contributed by atoms with van der Waals surface area (Å²) in [6, 6.07) is 4.13. The summed E-state index contributed by atoms with van der Waals surface area (Å²) >= 11 is 3.24. The summed E-state index contributed by atoms with van der Waals surface area (Å²) in [5, 5.41) is 13.4. The van der Waals surface area contributed by atoms with Gasteiger partial charge in [-0.15, -0.1) is 0 Å². The zero-order chi connectivity index (χ0) is 14.7. The number of nitrogens with one attached hydrogen (secondary N) is 1. The minimum atomic E-state index is -0.470. The summed E-state index contributed by atoms with van der Waals surface area (Å²) in [4.78, 5) is 24.1. The van der Waals surface area contributed by atoms with Crippen molar-refractivity contribution < 1.29 is 9.72 Å². The van der Waals surface area contributed by atoms with Crippen LogP contribution in [0.1, 0.15) is 19.8 Å². The highest BCUT2D eigenvalue weighted by Gasteiger charge is 2.21. The topological polar surface area (TPSA) is 75.5 Å². The number of nitrogens with zero attached hydrogens (tertiary/aromatic N) is 2. The van der Waals surface area contributed by atoms with Crippen LogP contribution in [0.2, 0.25) is 0 Å². The third-order valence-corrected chi connectivity index (χ3v) is 4.13. The Bertz CT molecular complexity index is 528. The number of anilines is 1. The van der Waals surface area contributed by atoms with Gasteiger partial charge in [0, 0.05) is 29.7 Å². The van der Waals surface area contributed by atoms with Gasteiger partial charge in [-0.1, -0.05) is 6.92 Å². The summed E-state index contributed by atoms with van der Waals surface area (Å²) in [6.45, 7) is 3.68. The molecule has 0 unspecified atom stereocenters. The molecule has 0 atom stereocenters. The molecule has 0 aromatic heterocycles. The molecule has 1 aliphatic rings. The number of hydrogen-bond acceptors (Lipinski definition) is 3. The number of amides is 2. The maximum absolute atomic E-state index is 12.1. The van der Waals surface area contributed by atoms with Crippen LogP contribution in [-0.2, 0) is 0 Å². The Morgan fingerprint density at radius 2 is 2.10 bits per heavy atom. The number of nitro benzene ring substituents is 1. The molecule has 1 saturated heterocycles. The lowest BCUT2D eigenvalue weighted by atomic mass is 10.00. The fraction of sp³-hybridized carbons (Fsp3) is 0.462. The Hall–Kier alpha value is -1.63. The minimum Gasteiger partial charge on any atom is -0.325 e. The van der Waals surface area contributed by atoms with E-state index in [4.69, 9.17) is 0 Å². The van der Waals surface area contributed by atoms with Crippen molar-refractivity contribution in [1.82, 2.24) is 4.90 Å². The van der Waals surface area contributed by atoms with Crippen molar-refractivity contribution in [2.75, 3.05) is 18.4 Å². The lowest BCUT2D eigenvalue weighted by molar-refractivity contribution is -0.384. The van der Waals surface area contributed by atoms with Crippen LogP contribution >= 0.6 is 15.9 Å². The number of nitro groups is 1. The molecule has 6 nitrogen and oxygen atoms in total. The van der Waals surface area contributed by atoms with Crippen LogP contribution in [0.25, 0.3) is 0 Å². The maximum atomic E-state index is 12.1. The third kappa shape index (κ3) is 3.47. The molecular formula is C13H16BrN3O3. The Kier molecular flexibility index (Phi) is 4.59. The van der Waals surface area contributed by atoms with Gasteiger partial charge in [-0.25, -0.2) is 4.79 Å². The van der Waals surface area contributed by atoms with E-state index >= 15 is 0 Å². The van der Waals surface area contributed by atoms with E-state index in [-0.39, 0.29) is 11.7 Å². The Labute approximate surface area is 125 Å². The van der Waals surface area contributed by atoms with Crippen molar-refractivity contribution >= 4 is 33.3 Å². The molecule has 0 radical (unpaired) electrons. The van der Waals surface area contributed by atoms with Crippen LogP contribution in [0, 0.1) is 16.0 Å². The van der Waals surface area contributed by atoms with Crippen molar-refractivity contribution in [2.45, 2.75) is 19.8 Å². The molecule has 7 heteroatoms. The van der Waals surface area contributed by atoms with Gasteiger partial charge in [0.15, 0.2) is 0 Å². The first-order valence-corrected chi connectivity index (χ1v) is 7.26. The third-order valence-electron chi connectivity index (χ3n) is 3.48. The number of non-ortho nitro benzene ring substituents is 1. The molecule has 1 aromatic carbocycles. The fourth-order valence-electron chi connectivity index (χ4n) is 2.12. The zero-order valence-electron chi connectivity index (χ0n) is 11.1. The van der Waals surface area contributed by atoms with Gasteiger partial charge in [0.25, 0.3) is 5.69 Å². The van der Waals surface area contributed by atoms with Gasteiger partial charge >= 0.3 is 6.03 Å². The van der Waals surface area contributed by atoms with E-state index in [2.05, 4.69) is 28.2 Å². The van der Waals surface area contributed by atoms with E-state index in [0.29, 0.717) is 16.1 Å².